The molecule has 5 nitrogen and oxygen atoms in total. The molecule has 0 amide bonds. The maximum absolute atomic E-state index is 12.6. The van der Waals surface area contributed by atoms with Gasteiger partial charge in [0.1, 0.15) is 5.75 Å². The van der Waals surface area contributed by atoms with Crippen molar-refractivity contribution in [1.29, 1.82) is 0 Å². The summed E-state index contributed by atoms with van der Waals surface area (Å²) in [4.78, 5) is 0.595. The molecule has 0 spiro atoms. The molecule has 3 rings (SSSR count). The number of fused-ring (bicyclic) bond motifs is 1. The Hall–Kier alpha value is -1.64. The molecule has 0 radical (unpaired) electrons. The lowest BCUT2D eigenvalue weighted by Gasteiger charge is -2.03. The first-order chi connectivity index (χ1) is 11.5. The first-order valence-corrected chi connectivity index (χ1v) is 10.2. The molecule has 0 aliphatic heterocycles. The van der Waals surface area contributed by atoms with E-state index in [1.807, 2.05) is 29.7 Å². The van der Waals surface area contributed by atoms with E-state index in [0.29, 0.717) is 17.1 Å². The van der Waals surface area contributed by atoms with Crippen molar-refractivity contribution in [3.63, 3.8) is 0 Å². The molecule has 24 heavy (non-hydrogen) atoms. The van der Waals surface area contributed by atoms with Gasteiger partial charge in [0.2, 0.25) is 4.80 Å². The number of rotatable bonds is 4. The van der Waals surface area contributed by atoms with Gasteiger partial charge in [0.15, 0.2) is 0 Å². The first kappa shape index (κ1) is 17.2. The molecule has 0 unspecified atom stereocenters. The number of sulfonamides is 1. The van der Waals surface area contributed by atoms with Crippen LogP contribution < -0.4 is 9.54 Å². The van der Waals surface area contributed by atoms with E-state index in [-0.39, 0.29) is 4.90 Å². The molecule has 0 bridgehead atoms. The van der Waals surface area contributed by atoms with Gasteiger partial charge in [-0.15, -0.1) is 4.40 Å². The predicted molar refractivity (Wildman–Crippen MR) is 98.9 cm³/mol. The molecule has 2 aromatic carbocycles. The van der Waals surface area contributed by atoms with Crippen LogP contribution in [0.1, 0.15) is 6.92 Å². The normalized spacial score (nSPS) is 12.7. The molecule has 126 valence electrons. The molecule has 0 atom stereocenters. The minimum absolute atomic E-state index is 0.141. The zero-order chi connectivity index (χ0) is 17.3. The maximum atomic E-state index is 12.6. The van der Waals surface area contributed by atoms with Gasteiger partial charge in [0.05, 0.1) is 22.2 Å². The number of benzene rings is 2. The molecule has 0 N–H and O–H groups in total. The van der Waals surface area contributed by atoms with Crippen LogP contribution in [0.5, 0.6) is 5.75 Å². The van der Waals surface area contributed by atoms with Crippen LogP contribution in [0.15, 0.2) is 56.2 Å². The lowest BCUT2D eigenvalue weighted by atomic mass is 10.3. The number of hydrogen-bond acceptors (Lipinski definition) is 4. The summed E-state index contributed by atoms with van der Waals surface area (Å²) in [5, 5.41) is 0. The van der Waals surface area contributed by atoms with E-state index in [9.17, 15) is 8.42 Å². The summed E-state index contributed by atoms with van der Waals surface area (Å²) in [5.74, 6) is 0.600. The van der Waals surface area contributed by atoms with Crippen molar-refractivity contribution in [3.8, 4) is 5.75 Å². The monoisotopic (exact) mass is 426 g/mol. The standard InChI is InChI=1S/C16H15BrN2O3S2/c1-3-19-15-13(17)5-4-6-14(15)23-16(19)18-24(20,21)12-9-7-11(22-2)8-10-12/h4-10H,3H2,1-2H3. The summed E-state index contributed by atoms with van der Waals surface area (Å²) in [5.41, 5.74) is 0.952. The van der Waals surface area contributed by atoms with Gasteiger partial charge in [-0.1, -0.05) is 17.4 Å². The average Bonchev–Trinajstić information content (AvgIpc) is 2.92. The molecule has 0 saturated carbocycles. The van der Waals surface area contributed by atoms with Crippen LogP contribution in [0.2, 0.25) is 0 Å². The van der Waals surface area contributed by atoms with Crippen LogP contribution in [-0.4, -0.2) is 20.1 Å². The molecule has 0 aliphatic carbocycles. The number of thiazole rings is 1. The second-order valence-electron chi connectivity index (χ2n) is 4.96. The number of aryl methyl sites for hydroxylation is 1. The molecule has 3 aromatic rings. The van der Waals surface area contributed by atoms with Gasteiger partial charge in [-0.25, -0.2) is 0 Å². The summed E-state index contributed by atoms with van der Waals surface area (Å²) in [7, 11) is -2.25. The highest BCUT2D eigenvalue weighted by atomic mass is 79.9. The number of hydrogen-bond donors (Lipinski definition) is 0. The van der Waals surface area contributed by atoms with E-state index < -0.39 is 10.0 Å². The molecule has 0 saturated heterocycles. The van der Waals surface area contributed by atoms with Gasteiger partial charge in [0.25, 0.3) is 10.0 Å². The van der Waals surface area contributed by atoms with Gasteiger partial charge in [-0.05, 0) is 59.3 Å². The lowest BCUT2D eigenvalue weighted by Crippen LogP contribution is -2.16. The third-order valence-corrected chi connectivity index (χ3v) is 6.60. The van der Waals surface area contributed by atoms with E-state index in [4.69, 9.17) is 4.74 Å². The Morgan fingerprint density at radius 1 is 1.21 bits per heavy atom. The number of nitrogens with zero attached hydrogens (tertiary/aromatic N) is 2. The minimum atomic E-state index is -3.79. The highest BCUT2D eigenvalue weighted by molar-refractivity contribution is 9.10. The molecule has 1 heterocycles. The van der Waals surface area contributed by atoms with E-state index >= 15 is 0 Å². The Balaban J connectivity index is 2.19. The highest BCUT2D eigenvalue weighted by Gasteiger charge is 2.15. The van der Waals surface area contributed by atoms with Crippen molar-refractivity contribution in [2.24, 2.45) is 4.40 Å². The van der Waals surface area contributed by atoms with Crippen molar-refractivity contribution in [2.45, 2.75) is 18.4 Å². The van der Waals surface area contributed by atoms with Crippen LogP contribution in [0.3, 0.4) is 0 Å². The maximum Gasteiger partial charge on any atom is 0.285 e. The third-order valence-electron chi connectivity index (χ3n) is 3.52. The average molecular weight is 427 g/mol. The fourth-order valence-electron chi connectivity index (χ4n) is 2.35. The summed E-state index contributed by atoms with van der Waals surface area (Å²) in [6.07, 6.45) is 0. The molecule has 0 fully saturated rings. The van der Waals surface area contributed by atoms with Crippen molar-refractivity contribution in [2.75, 3.05) is 7.11 Å². The molecule has 8 heteroatoms. The van der Waals surface area contributed by atoms with Gasteiger partial charge in [0, 0.05) is 11.0 Å². The van der Waals surface area contributed by atoms with Crippen molar-refractivity contribution in [1.82, 2.24) is 4.57 Å². The van der Waals surface area contributed by atoms with Gasteiger partial charge in [-0.2, -0.15) is 8.42 Å². The quantitative estimate of drug-likeness (QED) is 0.637. The van der Waals surface area contributed by atoms with Crippen LogP contribution in [-0.2, 0) is 16.6 Å². The second kappa shape index (κ2) is 6.70. The topological polar surface area (TPSA) is 60.7 Å². The predicted octanol–water partition coefficient (Wildman–Crippen LogP) is 3.78. The molecule has 0 aliphatic rings. The Morgan fingerprint density at radius 2 is 1.92 bits per heavy atom. The molecule has 1 aromatic heterocycles. The van der Waals surface area contributed by atoms with Crippen molar-refractivity contribution < 1.29 is 13.2 Å². The summed E-state index contributed by atoms with van der Waals surface area (Å²) >= 11 is 4.88. The van der Waals surface area contributed by atoms with Crippen LogP contribution in [0.4, 0.5) is 0 Å². The van der Waals surface area contributed by atoms with E-state index in [2.05, 4.69) is 20.3 Å². The van der Waals surface area contributed by atoms with Gasteiger partial charge < -0.3 is 9.30 Å². The molecular weight excluding hydrogens is 412 g/mol. The Kier molecular flexibility index (Phi) is 4.80. The lowest BCUT2D eigenvalue weighted by molar-refractivity contribution is 0.414. The van der Waals surface area contributed by atoms with Crippen molar-refractivity contribution >= 4 is 47.5 Å². The minimum Gasteiger partial charge on any atom is -0.497 e. The van der Waals surface area contributed by atoms with E-state index in [0.717, 1.165) is 14.7 Å². The van der Waals surface area contributed by atoms with Gasteiger partial charge >= 0.3 is 0 Å². The Morgan fingerprint density at radius 3 is 2.54 bits per heavy atom. The summed E-state index contributed by atoms with van der Waals surface area (Å²) in [6, 6.07) is 12.0. The fourth-order valence-corrected chi connectivity index (χ4v) is 5.39. The van der Waals surface area contributed by atoms with E-state index in [1.165, 1.54) is 30.6 Å². The van der Waals surface area contributed by atoms with Gasteiger partial charge in [-0.3, -0.25) is 0 Å². The summed E-state index contributed by atoms with van der Waals surface area (Å²) in [6.45, 7) is 2.59. The number of ether oxygens (including phenoxy) is 1. The van der Waals surface area contributed by atoms with E-state index in [1.54, 1.807) is 12.1 Å². The highest BCUT2D eigenvalue weighted by Crippen LogP contribution is 2.26. The SMILES string of the molecule is CCn1c(=NS(=O)(=O)c2ccc(OC)cc2)sc2cccc(Br)c21. The first-order valence-electron chi connectivity index (χ1n) is 7.19. The fraction of sp³-hybridized carbons (Fsp3) is 0.188. The Labute approximate surface area is 152 Å². The smallest absolute Gasteiger partial charge is 0.285 e. The van der Waals surface area contributed by atoms with Crippen molar-refractivity contribution in [3.05, 3.63) is 51.7 Å². The zero-order valence-electron chi connectivity index (χ0n) is 13.1. The third kappa shape index (κ3) is 3.13. The molecular formula is C16H15BrN2O3S2. The summed E-state index contributed by atoms with van der Waals surface area (Å²) < 4.78 is 38.1. The zero-order valence-corrected chi connectivity index (χ0v) is 16.3. The van der Waals surface area contributed by atoms with Crippen LogP contribution in [0, 0.1) is 0 Å². The largest absolute Gasteiger partial charge is 0.497 e. The number of aromatic nitrogens is 1. The second-order valence-corrected chi connectivity index (χ2v) is 8.42. The Bertz CT molecular complexity index is 1050. The number of para-hydroxylation sites is 1. The number of halogens is 1. The van der Waals surface area contributed by atoms with Crippen LogP contribution in [0.25, 0.3) is 10.2 Å². The van der Waals surface area contributed by atoms with Crippen LogP contribution >= 0.6 is 27.3 Å². The number of methoxy groups -OCH3 is 1.